The summed E-state index contributed by atoms with van der Waals surface area (Å²) in [5.74, 6) is -1.21. The lowest BCUT2D eigenvalue weighted by atomic mass is 9.94. The number of fused-ring (bicyclic) bond motifs is 2. The molecule has 4 rings (SSSR count). The molecule has 2 atom stereocenters. The highest BCUT2D eigenvalue weighted by Gasteiger charge is 2.36. The highest BCUT2D eigenvalue weighted by molar-refractivity contribution is 5.92. The van der Waals surface area contributed by atoms with Gasteiger partial charge < -0.3 is 20.3 Å². The summed E-state index contributed by atoms with van der Waals surface area (Å²) >= 11 is 0. The summed E-state index contributed by atoms with van der Waals surface area (Å²) in [5, 5.41) is 12.5. The predicted octanol–water partition coefficient (Wildman–Crippen LogP) is 1.26. The minimum absolute atomic E-state index is 0.00381. The lowest BCUT2D eigenvalue weighted by Crippen LogP contribution is -2.40. The number of carboxylic acid groups (broad SMARTS) is 1. The summed E-state index contributed by atoms with van der Waals surface area (Å²) in [6.07, 6.45) is 3.35. The Labute approximate surface area is 142 Å². The molecular weight excluding hydrogens is 327 g/mol. The number of aromatic amines is 1. The van der Waals surface area contributed by atoms with Crippen molar-refractivity contribution in [2.75, 3.05) is 24.5 Å². The summed E-state index contributed by atoms with van der Waals surface area (Å²) in [5.41, 5.74) is -0.784. The smallest absolute Gasteiger partial charge is 0.341 e. The molecule has 2 fully saturated rings. The molecule has 3 N–H and O–H groups in total. The van der Waals surface area contributed by atoms with E-state index in [1.165, 1.54) is 6.92 Å². The van der Waals surface area contributed by atoms with Gasteiger partial charge in [0.05, 0.1) is 5.39 Å². The van der Waals surface area contributed by atoms with Gasteiger partial charge in [-0.15, -0.1) is 0 Å². The first kappa shape index (κ1) is 16.0. The van der Waals surface area contributed by atoms with Gasteiger partial charge in [0.15, 0.2) is 11.6 Å². The van der Waals surface area contributed by atoms with Crippen molar-refractivity contribution in [1.82, 2.24) is 15.3 Å². The molecule has 25 heavy (non-hydrogen) atoms. The quantitative estimate of drug-likeness (QED) is 0.757. The fourth-order valence-electron chi connectivity index (χ4n) is 3.98. The molecule has 2 unspecified atom stereocenters. The van der Waals surface area contributed by atoms with Gasteiger partial charge in [-0.05, 0) is 32.2 Å². The van der Waals surface area contributed by atoms with E-state index in [1.807, 2.05) is 4.90 Å². The predicted molar refractivity (Wildman–Crippen MR) is 90.7 cm³/mol. The van der Waals surface area contributed by atoms with Crippen molar-refractivity contribution in [1.29, 1.82) is 0 Å². The van der Waals surface area contributed by atoms with Crippen LogP contribution in [0.4, 0.5) is 10.2 Å². The van der Waals surface area contributed by atoms with Gasteiger partial charge in [0.1, 0.15) is 11.2 Å². The number of nitrogens with one attached hydrogen (secondary N) is 2. The third-order valence-corrected chi connectivity index (χ3v) is 5.31. The number of hydrogen-bond acceptors (Lipinski definition) is 5. The maximum absolute atomic E-state index is 14.9. The fourth-order valence-corrected chi connectivity index (χ4v) is 3.98. The molecule has 2 aromatic rings. The first-order valence-electron chi connectivity index (χ1n) is 8.40. The number of H-pyrrole nitrogens is 1. The van der Waals surface area contributed by atoms with Crippen LogP contribution in [-0.4, -0.2) is 46.7 Å². The maximum atomic E-state index is 14.9. The summed E-state index contributed by atoms with van der Waals surface area (Å²) < 4.78 is 14.9. The van der Waals surface area contributed by atoms with Crippen LogP contribution in [0, 0.1) is 18.7 Å². The van der Waals surface area contributed by atoms with E-state index in [0.717, 1.165) is 32.1 Å². The van der Waals surface area contributed by atoms with Gasteiger partial charge in [-0.2, -0.15) is 0 Å². The van der Waals surface area contributed by atoms with E-state index < -0.39 is 22.8 Å². The molecular formula is C17H19FN4O3. The van der Waals surface area contributed by atoms with Crippen LogP contribution in [0.1, 0.15) is 28.8 Å². The Morgan fingerprint density at radius 2 is 2.24 bits per heavy atom. The van der Waals surface area contributed by atoms with Crippen LogP contribution in [0.25, 0.3) is 11.0 Å². The summed E-state index contributed by atoms with van der Waals surface area (Å²) in [4.78, 5) is 32.4. The van der Waals surface area contributed by atoms with Gasteiger partial charge >= 0.3 is 5.97 Å². The van der Waals surface area contributed by atoms with Crippen molar-refractivity contribution >= 4 is 22.8 Å². The van der Waals surface area contributed by atoms with Crippen molar-refractivity contribution in [3.05, 3.63) is 33.4 Å². The molecule has 0 aliphatic carbocycles. The molecule has 0 spiro atoms. The summed E-state index contributed by atoms with van der Waals surface area (Å²) in [7, 11) is 0. The van der Waals surface area contributed by atoms with E-state index in [4.69, 9.17) is 5.11 Å². The van der Waals surface area contributed by atoms with Crippen molar-refractivity contribution in [3.63, 3.8) is 0 Å². The Morgan fingerprint density at radius 3 is 2.96 bits per heavy atom. The molecule has 2 aliphatic rings. The average molecular weight is 346 g/mol. The molecule has 0 amide bonds. The van der Waals surface area contributed by atoms with Crippen molar-refractivity contribution in [2.24, 2.45) is 5.92 Å². The molecule has 2 saturated heterocycles. The third-order valence-electron chi connectivity index (χ3n) is 5.31. The van der Waals surface area contributed by atoms with Crippen LogP contribution < -0.4 is 15.6 Å². The Hall–Kier alpha value is -2.48. The Morgan fingerprint density at radius 1 is 1.44 bits per heavy atom. The molecule has 2 aromatic heterocycles. The number of aryl methyl sites for hydroxylation is 1. The van der Waals surface area contributed by atoms with Gasteiger partial charge in [0, 0.05) is 30.9 Å². The fraction of sp³-hybridized carbons (Fsp3) is 0.471. The van der Waals surface area contributed by atoms with Gasteiger partial charge in [0.25, 0.3) is 0 Å². The van der Waals surface area contributed by atoms with E-state index in [0.29, 0.717) is 18.5 Å². The Balaban J connectivity index is 1.81. The average Bonchev–Trinajstić information content (AvgIpc) is 3.01. The monoisotopic (exact) mass is 346 g/mol. The van der Waals surface area contributed by atoms with Crippen LogP contribution in [-0.2, 0) is 0 Å². The van der Waals surface area contributed by atoms with Crippen LogP contribution in [0.5, 0.6) is 0 Å². The zero-order chi connectivity index (χ0) is 17.7. The number of pyridine rings is 2. The number of anilines is 1. The third kappa shape index (κ3) is 2.48. The molecule has 0 radical (unpaired) electrons. The lowest BCUT2D eigenvalue weighted by molar-refractivity contribution is 0.0695. The highest BCUT2D eigenvalue weighted by atomic mass is 19.1. The number of piperidine rings is 1. The molecule has 7 nitrogen and oxygen atoms in total. The number of carbonyl (C=O) groups is 1. The van der Waals surface area contributed by atoms with Crippen molar-refractivity contribution in [2.45, 2.75) is 25.8 Å². The van der Waals surface area contributed by atoms with Crippen LogP contribution >= 0.6 is 0 Å². The second kappa shape index (κ2) is 5.80. The normalized spacial score (nSPS) is 23.0. The molecule has 0 aromatic carbocycles. The zero-order valence-electron chi connectivity index (χ0n) is 13.8. The molecule has 2 aliphatic heterocycles. The van der Waals surface area contributed by atoms with Crippen LogP contribution in [0.15, 0.2) is 11.0 Å². The van der Waals surface area contributed by atoms with Crippen molar-refractivity contribution in [3.8, 4) is 0 Å². The second-order valence-corrected chi connectivity index (χ2v) is 6.80. The minimum atomic E-state index is -1.35. The number of aromatic carboxylic acids is 1. The molecule has 0 saturated carbocycles. The SMILES string of the molecule is Cc1c(F)c(N2CC3CCCNC3C2)nc2[nH]cc(C(=O)O)c(=O)c12. The number of rotatable bonds is 2. The molecule has 8 heteroatoms. The summed E-state index contributed by atoms with van der Waals surface area (Å²) in [6, 6.07) is 0.333. The van der Waals surface area contributed by atoms with Crippen LogP contribution in [0.3, 0.4) is 0 Å². The van der Waals surface area contributed by atoms with E-state index in [2.05, 4.69) is 15.3 Å². The topological polar surface area (TPSA) is 98.3 Å². The van der Waals surface area contributed by atoms with E-state index in [-0.39, 0.29) is 22.4 Å². The lowest BCUT2D eigenvalue weighted by Gasteiger charge is -2.24. The molecule has 4 heterocycles. The highest BCUT2D eigenvalue weighted by Crippen LogP contribution is 2.31. The number of nitrogens with zero attached hydrogens (tertiary/aromatic N) is 2. The first-order chi connectivity index (χ1) is 12.0. The largest absolute Gasteiger partial charge is 0.477 e. The van der Waals surface area contributed by atoms with Crippen LogP contribution in [0.2, 0.25) is 0 Å². The van der Waals surface area contributed by atoms with Gasteiger partial charge in [0.2, 0.25) is 5.43 Å². The Bertz CT molecular complexity index is 912. The zero-order valence-corrected chi connectivity index (χ0v) is 13.8. The van der Waals surface area contributed by atoms with Gasteiger partial charge in [-0.1, -0.05) is 0 Å². The van der Waals surface area contributed by atoms with E-state index in [1.54, 1.807) is 0 Å². The number of aromatic nitrogens is 2. The maximum Gasteiger partial charge on any atom is 0.341 e. The van der Waals surface area contributed by atoms with Crippen molar-refractivity contribution < 1.29 is 14.3 Å². The minimum Gasteiger partial charge on any atom is -0.477 e. The summed E-state index contributed by atoms with van der Waals surface area (Å²) in [6.45, 7) is 3.87. The first-order valence-corrected chi connectivity index (χ1v) is 8.40. The van der Waals surface area contributed by atoms with Gasteiger partial charge in [-0.25, -0.2) is 14.2 Å². The molecule has 0 bridgehead atoms. The standard InChI is InChI=1S/C17H19FN4O3/c1-8-12-14(23)10(17(24)25)5-20-15(12)21-16(13(8)18)22-6-9-3-2-4-19-11(9)7-22/h5,9,11,19H,2-4,6-7H2,1H3,(H,24,25)(H,20,21,23). The van der Waals surface area contributed by atoms with E-state index >= 15 is 0 Å². The second-order valence-electron chi connectivity index (χ2n) is 6.80. The van der Waals surface area contributed by atoms with E-state index in [9.17, 15) is 14.0 Å². The Kier molecular flexibility index (Phi) is 3.72. The van der Waals surface area contributed by atoms with Gasteiger partial charge in [-0.3, -0.25) is 4.79 Å². The number of hydrogen-bond donors (Lipinski definition) is 3. The number of halogens is 1. The molecule has 132 valence electrons. The number of carboxylic acids is 1.